The molecule has 5 nitrogen and oxygen atoms in total. The van der Waals surface area contributed by atoms with E-state index in [-0.39, 0.29) is 11.5 Å². The van der Waals surface area contributed by atoms with Gasteiger partial charge in [-0.1, -0.05) is 30.3 Å². The van der Waals surface area contributed by atoms with Crippen LogP contribution in [0.1, 0.15) is 0 Å². The Morgan fingerprint density at radius 3 is 2.60 bits per heavy atom. The molecule has 0 atom stereocenters. The quantitative estimate of drug-likeness (QED) is 0.641. The van der Waals surface area contributed by atoms with Crippen molar-refractivity contribution in [1.82, 2.24) is 9.97 Å². The van der Waals surface area contributed by atoms with E-state index in [4.69, 9.17) is 5.21 Å². The number of nitrogens with zero attached hydrogens (tertiary/aromatic N) is 1. The molecule has 0 amide bonds. The Kier molecular flexibility index (Phi) is 2.47. The monoisotopic (exact) mass is 203 g/mol. The number of aromatic nitrogens is 2. The van der Waals surface area contributed by atoms with Gasteiger partial charge in [0.25, 0.3) is 5.56 Å². The molecule has 3 N–H and O–H groups in total. The number of aromatic amines is 1. The summed E-state index contributed by atoms with van der Waals surface area (Å²) in [7, 11) is 0. The predicted molar refractivity (Wildman–Crippen MR) is 55.7 cm³/mol. The minimum absolute atomic E-state index is 0.0275. The van der Waals surface area contributed by atoms with Gasteiger partial charge in [-0.05, 0) is 5.56 Å². The minimum Gasteiger partial charge on any atom is -0.290 e. The summed E-state index contributed by atoms with van der Waals surface area (Å²) in [6, 6.07) is 9.19. The molecule has 0 radical (unpaired) electrons. The van der Waals surface area contributed by atoms with Crippen molar-refractivity contribution in [2.45, 2.75) is 0 Å². The van der Waals surface area contributed by atoms with Gasteiger partial charge in [-0.2, -0.15) is 0 Å². The molecule has 1 aromatic carbocycles. The summed E-state index contributed by atoms with van der Waals surface area (Å²) in [5, 5.41) is 8.54. The van der Waals surface area contributed by atoms with E-state index in [2.05, 4.69) is 9.97 Å². The summed E-state index contributed by atoms with van der Waals surface area (Å²) in [5.74, 6) is 0.0275. The van der Waals surface area contributed by atoms with Gasteiger partial charge in [-0.3, -0.25) is 15.0 Å². The zero-order valence-electron chi connectivity index (χ0n) is 7.77. The van der Waals surface area contributed by atoms with E-state index in [1.807, 2.05) is 30.3 Å². The zero-order valence-corrected chi connectivity index (χ0v) is 7.77. The van der Waals surface area contributed by atoms with Gasteiger partial charge in [0.2, 0.25) is 5.95 Å². The van der Waals surface area contributed by atoms with Crippen LogP contribution in [-0.2, 0) is 0 Å². The molecule has 15 heavy (non-hydrogen) atoms. The predicted octanol–water partition coefficient (Wildman–Crippen LogP) is 1.24. The first-order chi connectivity index (χ1) is 7.31. The fraction of sp³-hybridized carbons (Fsp3) is 0. The van der Waals surface area contributed by atoms with E-state index in [0.29, 0.717) is 5.56 Å². The Hall–Kier alpha value is -2.14. The molecule has 0 bridgehead atoms. The molecule has 1 aromatic heterocycles. The molecular weight excluding hydrogens is 194 g/mol. The molecule has 0 unspecified atom stereocenters. The topological polar surface area (TPSA) is 78.0 Å². The van der Waals surface area contributed by atoms with E-state index in [1.54, 1.807) is 5.48 Å². The standard InChI is InChI=1S/C10H9N3O2/c14-9-8(6-11-10(12-9)13-15)7-4-2-1-3-5-7/h1-6,15H,(H2,11,12,13,14). The molecule has 2 rings (SSSR count). The highest BCUT2D eigenvalue weighted by Gasteiger charge is 2.03. The van der Waals surface area contributed by atoms with Crippen molar-refractivity contribution in [3.63, 3.8) is 0 Å². The van der Waals surface area contributed by atoms with Gasteiger partial charge in [0.15, 0.2) is 0 Å². The van der Waals surface area contributed by atoms with E-state index in [9.17, 15) is 4.79 Å². The van der Waals surface area contributed by atoms with Crippen LogP contribution in [0.25, 0.3) is 11.1 Å². The van der Waals surface area contributed by atoms with E-state index >= 15 is 0 Å². The van der Waals surface area contributed by atoms with Crippen LogP contribution >= 0.6 is 0 Å². The lowest BCUT2D eigenvalue weighted by Gasteiger charge is -2.01. The van der Waals surface area contributed by atoms with Gasteiger partial charge < -0.3 is 0 Å². The van der Waals surface area contributed by atoms with Crippen LogP contribution in [0.2, 0.25) is 0 Å². The summed E-state index contributed by atoms with van der Waals surface area (Å²) in [6.45, 7) is 0. The lowest BCUT2D eigenvalue weighted by molar-refractivity contribution is 0.382. The average molecular weight is 203 g/mol. The number of rotatable bonds is 2. The Balaban J connectivity index is 2.51. The van der Waals surface area contributed by atoms with Crippen LogP contribution in [0.5, 0.6) is 0 Å². The lowest BCUT2D eigenvalue weighted by atomic mass is 10.1. The van der Waals surface area contributed by atoms with Gasteiger partial charge in [0.05, 0.1) is 5.56 Å². The summed E-state index contributed by atoms with van der Waals surface area (Å²) >= 11 is 0. The SMILES string of the molecule is O=c1[nH]c(NO)ncc1-c1ccccc1. The second-order valence-electron chi connectivity index (χ2n) is 2.95. The first kappa shape index (κ1) is 9.42. The first-order valence-corrected chi connectivity index (χ1v) is 4.36. The summed E-state index contributed by atoms with van der Waals surface area (Å²) in [5.41, 5.74) is 2.74. The molecule has 0 aliphatic rings. The van der Waals surface area contributed by atoms with Gasteiger partial charge in [-0.15, -0.1) is 0 Å². The van der Waals surface area contributed by atoms with Crippen LogP contribution in [0.4, 0.5) is 5.95 Å². The number of benzene rings is 1. The Morgan fingerprint density at radius 1 is 1.27 bits per heavy atom. The van der Waals surface area contributed by atoms with Crippen LogP contribution in [0, 0.1) is 0 Å². The Labute approximate surface area is 85.4 Å². The zero-order chi connectivity index (χ0) is 10.7. The van der Waals surface area contributed by atoms with Gasteiger partial charge in [0, 0.05) is 6.20 Å². The third-order valence-electron chi connectivity index (χ3n) is 1.99. The van der Waals surface area contributed by atoms with Gasteiger partial charge in [-0.25, -0.2) is 10.5 Å². The number of hydrogen-bond donors (Lipinski definition) is 3. The van der Waals surface area contributed by atoms with Crippen molar-refractivity contribution in [1.29, 1.82) is 0 Å². The summed E-state index contributed by atoms with van der Waals surface area (Å²) in [6.07, 6.45) is 1.41. The van der Waals surface area contributed by atoms with Crippen molar-refractivity contribution >= 4 is 5.95 Å². The molecule has 76 valence electrons. The summed E-state index contributed by atoms with van der Waals surface area (Å²) in [4.78, 5) is 17.8. The molecule has 1 heterocycles. The smallest absolute Gasteiger partial charge is 0.260 e. The normalized spacial score (nSPS) is 9.93. The van der Waals surface area contributed by atoms with E-state index in [1.165, 1.54) is 6.20 Å². The second kappa shape index (κ2) is 3.93. The highest BCUT2D eigenvalue weighted by atomic mass is 16.5. The van der Waals surface area contributed by atoms with Crippen molar-refractivity contribution in [2.75, 3.05) is 5.48 Å². The maximum Gasteiger partial charge on any atom is 0.260 e. The van der Waals surface area contributed by atoms with Crippen molar-refractivity contribution < 1.29 is 5.21 Å². The van der Waals surface area contributed by atoms with E-state index < -0.39 is 0 Å². The lowest BCUT2D eigenvalue weighted by Crippen LogP contribution is -2.12. The summed E-state index contributed by atoms with van der Waals surface area (Å²) < 4.78 is 0. The van der Waals surface area contributed by atoms with Crippen LogP contribution in [0.3, 0.4) is 0 Å². The molecule has 2 aromatic rings. The molecule has 0 spiro atoms. The third kappa shape index (κ3) is 1.87. The maximum absolute atomic E-state index is 11.6. The average Bonchev–Trinajstić information content (AvgIpc) is 2.30. The number of nitrogens with one attached hydrogen (secondary N) is 2. The molecule has 0 aliphatic heterocycles. The molecule has 0 saturated carbocycles. The Morgan fingerprint density at radius 2 is 2.00 bits per heavy atom. The fourth-order valence-corrected chi connectivity index (χ4v) is 1.28. The van der Waals surface area contributed by atoms with Crippen molar-refractivity contribution in [2.24, 2.45) is 0 Å². The number of H-pyrrole nitrogens is 1. The van der Waals surface area contributed by atoms with Crippen molar-refractivity contribution in [3.8, 4) is 11.1 Å². The van der Waals surface area contributed by atoms with Crippen LogP contribution in [0.15, 0.2) is 41.3 Å². The Bertz CT molecular complexity index is 508. The van der Waals surface area contributed by atoms with Gasteiger partial charge >= 0.3 is 0 Å². The maximum atomic E-state index is 11.6. The molecule has 5 heteroatoms. The van der Waals surface area contributed by atoms with Gasteiger partial charge in [0.1, 0.15) is 0 Å². The van der Waals surface area contributed by atoms with Crippen LogP contribution < -0.4 is 11.0 Å². The fourth-order valence-electron chi connectivity index (χ4n) is 1.28. The number of anilines is 1. The van der Waals surface area contributed by atoms with E-state index in [0.717, 1.165) is 5.56 Å². The molecule has 0 fully saturated rings. The highest BCUT2D eigenvalue weighted by molar-refractivity contribution is 5.61. The minimum atomic E-state index is -0.298. The van der Waals surface area contributed by atoms with Crippen molar-refractivity contribution in [3.05, 3.63) is 46.9 Å². The third-order valence-corrected chi connectivity index (χ3v) is 1.99. The highest BCUT2D eigenvalue weighted by Crippen LogP contribution is 2.13. The second-order valence-corrected chi connectivity index (χ2v) is 2.95. The largest absolute Gasteiger partial charge is 0.290 e. The van der Waals surface area contributed by atoms with Crippen LogP contribution in [-0.4, -0.2) is 15.2 Å². The molecular formula is C10H9N3O2. The molecule has 0 saturated heterocycles. The number of hydrogen-bond acceptors (Lipinski definition) is 4. The molecule has 0 aliphatic carbocycles. The first-order valence-electron chi connectivity index (χ1n) is 4.36.